The number of nitrogens with zero attached hydrogens (tertiary/aromatic N) is 2. The van der Waals surface area contributed by atoms with Crippen LogP contribution in [0.25, 0.3) is 21.9 Å². The second-order valence-corrected chi connectivity index (χ2v) is 8.40. The third kappa shape index (κ3) is 3.43. The number of ether oxygens (including phenoxy) is 1. The number of amides is 1. The van der Waals surface area contributed by atoms with Crippen molar-refractivity contribution in [2.75, 3.05) is 18.2 Å². The molecule has 7 nitrogen and oxygen atoms in total. The summed E-state index contributed by atoms with van der Waals surface area (Å²) in [7, 11) is 1.57. The molecule has 1 atom stereocenters. The molecule has 0 aliphatic carbocycles. The average Bonchev–Trinajstić information content (AvgIpc) is 3.23. The molecule has 138 valence electrons. The molecule has 2 heterocycles. The first-order chi connectivity index (χ1) is 13.0. The van der Waals surface area contributed by atoms with Crippen LogP contribution in [0.4, 0.5) is 10.8 Å². The summed E-state index contributed by atoms with van der Waals surface area (Å²) in [5, 5.41) is 12.5. The van der Waals surface area contributed by atoms with Crippen LogP contribution >= 0.6 is 23.1 Å². The molecule has 0 fully saturated rings. The number of anilines is 2. The molecular formula is C18H16N4O3S2. The molecule has 2 aromatic heterocycles. The number of methoxy groups -OCH3 is 1. The largest absolute Gasteiger partial charge is 0.495 e. The molecule has 27 heavy (non-hydrogen) atoms. The summed E-state index contributed by atoms with van der Waals surface area (Å²) in [5.74, 6) is 0.391. The first kappa shape index (κ1) is 17.6. The van der Waals surface area contributed by atoms with Crippen molar-refractivity contribution < 1.29 is 13.9 Å². The Labute approximate surface area is 162 Å². The average molecular weight is 400 g/mol. The van der Waals surface area contributed by atoms with Gasteiger partial charge in [-0.1, -0.05) is 41.3 Å². The van der Waals surface area contributed by atoms with Crippen molar-refractivity contribution in [1.29, 1.82) is 0 Å². The Kier molecular flexibility index (Phi) is 4.63. The number of rotatable bonds is 5. The Balaban J connectivity index is 1.62. The Hall–Kier alpha value is -2.78. The number of nitrogens with one attached hydrogen (secondary N) is 1. The minimum Gasteiger partial charge on any atom is -0.495 e. The van der Waals surface area contributed by atoms with E-state index in [1.165, 1.54) is 23.1 Å². The number of aromatic nitrogens is 2. The number of furan rings is 1. The second kappa shape index (κ2) is 7.09. The van der Waals surface area contributed by atoms with Crippen molar-refractivity contribution in [3.05, 3.63) is 36.4 Å². The fraction of sp³-hybridized carbons (Fsp3) is 0.167. The summed E-state index contributed by atoms with van der Waals surface area (Å²) in [6, 6.07) is 11.4. The standard InChI is InChI=1S/C18H16N4O3S2/c1-9(26-18-22-21-17(19)27-18)16(23)20-12-8-14-11(7-15(12)24-2)10-5-3-4-6-13(10)25-14/h3-9H,1-2H3,(H2,19,21)(H,20,23)/t9-/m0/s1. The lowest BCUT2D eigenvalue weighted by Gasteiger charge is -2.13. The Morgan fingerprint density at radius 1 is 1.26 bits per heavy atom. The minimum atomic E-state index is -0.381. The van der Waals surface area contributed by atoms with Gasteiger partial charge in [0.1, 0.15) is 16.9 Å². The van der Waals surface area contributed by atoms with E-state index >= 15 is 0 Å². The topological polar surface area (TPSA) is 103 Å². The van der Waals surface area contributed by atoms with E-state index in [1.807, 2.05) is 30.3 Å². The quantitative estimate of drug-likeness (QED) is 0.485. The number of carbonyl (C=O) groups is 1. The van der Waals surface area contributed by atoms with Gasteiger partial charge in [-0.25, -0.2) is 0 Å². The van der Waals surface area contributed by atoms with Crippen molar-refractivity contribution in [2.45, 2.75) is 16.5 Å². The monoisotopic (exact) mass is 400 g/mol. The van der Waals surface area contributed by atoms with E-state index < -0.39 is 0 Å². The van der Waals surface area contributed by atoms with Crippen LogP contribution in [0.15, 0.2) is 45.2 Å². The van der Waals surface area contributed by atoms with Gasteiger partial charge < -0.3 is 20.2 Å². The predicted molar refractivity (Wildman–Crippen MR) is 109 cm³/mol. The number of benzene rings is 2. The summed E-state index contributed by atoms with van der Waals surface area (Å²) in [4.78, 5) is 12.6. The molecule has 0 saturated carbocycles. The van der Waals surface area contributed by atoms with E-state index in [9.17, 15) is 4.79 Å². The van der Waals surface area contributed by atoms with Gasteiger partial charge in [-0.3, -0.25) is 4.79 Å². The van der Waals surface area contributed by atoms with Crippen LogP contribution in [0.2, 0.25) is 0 Å². The van der Waals surface area contributed by atoms with Gasteiger partial charge in [0, 0.05) is 16.8 Å². The van der Waals surface area contributed by atoms with Crippen LogP contribution in [0.3, 0.4) is 0 Å². The summed E-state index contributed by atoms with van der Waals surface area (Å²) < 4.78 is 12.0. The first-order valence-corrected chi connectivity index (χ1v) is 9.80. The number of carbonyl (C=O) groups excluding carboxylic acids is 1. The van der Waals surface area contributed by atoms with Crippen LogP contribution in [-0.4, -0.2) is 28.5 Å². The molecule has 0 aliphatic rings. The van der Waals surface area contributed by atoms with E-state index in [0.717, 1.165) is 16.4 Å². The van der Waals surface area contributed by atoms with Crippen LogP contribution < -0.4 is 15.8 Å². The van der Waals surface area contributed by atoms with Crippen molar-refractivity contribution in [2.24, 2.45) is 0 Å². The van der Waals surface area contributed by atoms with E-state index in [0.29, 0.717) is 26.5 Å². The van der Waals surface area contributed by atoms with Crippen molar-refractivity contribution >= 4 is 61.8 Å². The molecule has 4 aromatic rings. The zero-order valence-corrected chi connectivity index (χ0v) is 16.2. The Morgan fingerprint density at radius 3 is 2.81 bits per heavy atom. The molecule has 9 heteroatoms. The maximum absolute atomic E-state index is 12.6. The van der Waals surface area contributed by atoms with E-state index in [2.05, 4.69) is 15.5 Å². The summed E-state index contributed by atoms with van der Waals surface area (Å²) in [5.41, 5.74) is 7.61. The van der Waals surface area contributed by atoms with Gasteiger partial charge in [0.15, 0.2) is 4.34 Å². The number of hydrogen-bond donors (Lipinski definition) is 2. The van der Waals surface area contributed by atoms with Crippen LogP contribution in [0.1, 0.15) is 6.92 Å². The number of fused-ring (bicyclic) bond motifs is 3. The fourth-order valence-corrected chi connectivity index (χ4v) is 4.51. The third-order valence-corrected chi connectivity index (χ3v) is 5.96. The highest BCUT2D eigenvalue weighted by Gasteiger charge is 2.20. The highest BCUT2D eigenvalue weighted by atomic mass is 32.2. The van der Waals surface area contributed by atoms with Gasteiger partial charge in [-0.05, 0) is 19.1 Å². The number of nitrogen functional groups attached to an aromatic ring is 1. The highest BCUT2D eigenvalue weighted by molar-refractivity contribution is 8.02. The normalized spacial score (nSPS) is 12.4. The van der Waals surface area contributed by atoms with Crippen LogP contribution in [-0.2, 0) is 4.79 Å². The smallest absolute Gasteiger partial charge is 0.237 e. The molecule has 0 unspecified atom stereocenters. The van der Waals surface area contributed by atoms with Gasteiger partial charge in [0.25, 0.3) is 0 Å². The van der Waals surface area contributed by atoms with Gasteiger partial charge in [-0.15, -0.1) is 10.2 Å². The molecule has 0 spiro atoms. The molecule has 2 aromatic carbocycles. The van der Waals surface area contributed by atoms with Crippen LogP contribution in [0, 0.1) is 0 Å². The molecule has 1 amide bonds. The molecule has 0 saturated heterocycles. The molecule has 0 bridgehead atoms. The first-order valence-electron chi connectivity index (χ1n) is 8.11. The number of nitrogens with two attached hydrogens (primary N) is 1. The van der Waals surface area contributed by atoms with E-state index in [4.69, 9.17) is 14.9 Å². The molecule has 0 aliphatic heterocycles. The summed E-state index contributed by atoms with van der Waals surface area (Å²) in [6.45, 7) is 1.80. The SMILES string of the molecule is COc1cc2c(cc1NC(=O)[C@H](C)Sc1nnc(N)s1)oc1ccccc12. The molecule has 0 radical (unpaired) electrons. The zero-order valence-electron chi connectivity index (χ0n) is 14.6. The number of hydrogen-bond acceptors (Lipinski definition) is 8. The Bertz CT molecular complexity index is 1140. The van der Waals surface area contributed by atoms with Gasteiger partial charge in [0.05, 0.1) is 18.0 Å². The molecule has 3 N–H and O–H groups in total. The lowest BCUT2D eigenvalue weighted by atomic mass is 10.1. The van der Waals surface area contributed by atoms with E-state index in [1.54, 1.807) is 20.1 Å². The number of thioether (sulfide) groups is 1. The number of para-hydroxylation sites is 1. The van der Waals surface area contributed by atoms with Crippen molar-refractivity contribution in [1.82, 2.24) is 10.2 Å². The summed E-state index contributed by atoms with van der Waals surface area (Å²) >= 11 is 2.55. The maximum Gasteiger partial charge on any atom is 0.237 e. The van der Waals surface area contributed by atoms with Gasteiger partial charge in [0.2, 0.25) is 11.0 Å². The van der Waals surface area contributed by atoms with Crippen molar-refractivity contribution in [3.63, 3.8) is 0 Å². The fourth-order valence-electron chi connectivity index (χ4n) is 2.73. The lowest BCUT2D eigenvalue weighted by Crippen LogP contribution is -2.22. The lowest BCUT2D eigenvalue weighted by molar-refractivity contribution is -0.115. The summed E-state index contributed by atoms with van der Waals surface area (Å²) in [6.07, 6.45) is 0. The van der Waals surface area contributed by atoms with Crippen LogP contribution in [0.5, 0.6) is 5.75 Å². The molecule has 4 rings (SSSR count). The highest BCUT2D eigenvalue weighted by Crippen LogP contribution is 2.37. The molecular weight excluding hydrogens is 384 g/mol. The maximum atomic E-state index is 12.6. The van der Waals surface area contributed by atoms with Crippen molar-refractivity contribution in [3.8, 4) is 5.75 Å². The van der Waals surface area contributed by atoms with E-state index in [-0.39, 0.29) is 11.2 Å². The Morgan fingerprint density at radius 2 is 2.07 bits per heavy atom. The second-order valence-electron chi connectivity index (χ2n) is 5.80. The minimum absolute atomic E-state index is 0.178. The zero-order chi connectivity index (χ0) is 19.0. The third-order valence-electron chi connectivity index (χ3n) is 4.03. The van der Waals surface area contributed by atoms with Gasteiger partial charge >= 0.3 is 0 Å². The predicted octanol–water partition coefficient (Wildman–Crippen LogP) is 4.15. The van der Waals surface area contributed by atoms with Gasteiger partial charge in [-0.2, -0.15) is 0 Å².